The summed E-state index contributed by atoms with van der Waals surface area (Å²) in [6, 6.07) is 8.01. The minimum atomic E-state index is -4.69. The zero-order chi connectivity index (χ0) is 13.8. The van der Waals surface area contributed by atoms with Crippen LogP contribution in [0.3, 0.4) is 0 Å². The smallest absolute Gasteiger partial charge is 0.180 e. The normalized spacial score (nSPS) is 10.7. The Labute approximate surface area is 117 Å². The number of anilines is 1. The monoisotopic (exact) mass is 354 g/mol. The van der Waals surface area contributed by atoms with Crippen LogP contribution in [0.2, 0.25) is 0 Å². The van der Waals surface area contributed by atoms with Crippen molar-refractivity contribution in [2.75, 3.05) is 5.73 Å². The fourth-order valence-electron chi connectivity index (χ4n) is 1.04. The average molecular weight is 356 g/mol. The number of nitrogens with zero attached hydrogens (tertiary/aromatic N) is 1. The molecular weight excluding hydrogens is 348 g/mol. The number of nitrogens with two attached hydrogens (primary N) is 1. The third kappa shape index (κ3) is 6.26. The predicted molar refractivity (Wildman–Crippen MR) is 61.9 cm³/mol. The summed E-state index contributed by atoms with van der Waals surface area (Å²) in [4.78, 5) is 4.19. The van der Waals surface area contributed by atoms with Crippen molar-refractivity contribution in [1.82, 2.24) is 4.98 Å². The van der Waals surface area contributed by atoms with Gasteiger partial charge in [-0.15, -0.1) is 11.3 Å². The van der Waals surface area contributed by atoms with Crippen LogP contribution in [0.5, 0.6) is 0 Å². The van der Waals surface area contributed by atoms with Crippen LogP contribution in [0.4, 0.5) is 5.13 Å². The van der Waals surface area contributed by atoms with Crippen molar-refractivity contribution in [3.63, 3.8) is 0 Å². The molecule has 98 valence electrons. The van der Waals surface area contributed by atoms with Crippen LogP contribution in [0.15, 0.2) is 34.1 Å². The Hall–Kier alpha value is -0.740. The van der Waals surface area contributed by atoms with Crippen LogP contribution < -0.4 is 19.7 Å². The van der Waals surface area contributed by atoms with Gasteiger partial charge in [-0.3, -0.25) is 0 Å². The van der Waals surface area contributed by atoms with Gasteiger partial charge < -0.3 is 5.73 Å². The number of thiazole rings is 1. The van der Waals surface area contributed by atoms with Crippen LogP contribution in [-0.4, -0.2) is 9.64 Å². The highest BCUT2D eigenvalue weighted by molar-refractivity contribution is 9.10. The van der Waals surface area contributed by atoms with E-state index in [9.17, 15) is 0 Å². The topological polar surface area (TPSA) is 128 Å². The molecule has 9 heteroatoms. The van der Waals surface area contributed by atoms with E-state index in [0.717, 1.165) is 15.7 Å². The van der Waals surface area contributed by atoms with E-state index in [1.54, 1.807) is 0 Å². The molecule has 0 fully saturated rings. The molecule has 0 radical (unpaired) electrons. The van der Waals surface area contributed by atoms with Crippen molar-refractivity contribution in [3.05, 3.63) is 34.1 Å². The van der Waals surface area contributed by atoms with E-state index < -0.39 is 10.2 Å². The lowest BCUT2D eigenvalue weighted by Gasteiger charge is -2.03. The van der Waals surface area contributed by atoms with E-state index in [-0.39, 0.29) is 0 Å². The second-order valence-electron chi connectivity index (χ2n) is 2.97. The second-order valence-corrected chi connectivity index (χ2v) is 5.57. The van der Waals surface area contributed by atoms with Gasteiger partial charge in [-0.25, -0.2) is 4.98 Å². The Morgan fingerprint density at radius 2 is 1.72 bits per heavy atom. The summed E-state index contributed by atoms with van der Waals surface area (Å²) in [7, 11) is -4.69. The highest BCUT2D eigenvalue weighted by Gasteiger charge is 2.01. The van der Waals surface area contributed by atoms with Gasteiger partial charge in [0, 0.05) is 15.4 Å². The van der Waals surface area contributed by atoms with Gasteiger partial charge in [0.15, 0.2) is 5.13 Å². The van der Waals surface area contributed by atoms with Gasteiger partial charge in [-0.1, -0.05) is 28.1 Å². The molecule has 0 aliphatic rings. The first-order valence-corrected chi connectivity index (χ1v) is 7.29. The summed E-state index contributed by atoms with van der Waals surface area (Å²) < 4.78 is 33.8. The third-order valence-corrected chi connectivity index (χ3v) is 2.86. The van der Waals surface area contributed by atoms with Gasteiger partial charge in [0.05, 0.1) is 20.6 Å². The van der Waals surface area contributed by atoms with E-state index in [4.69, 9.17) is 24.4 Å². The molecule has 0 atom stereocenters. The highest BCUT2D eigenvalue weighted by Crippen LogP contribution is 2.24. The van der Waals surface area contributed by atoms with Crippen molar-refractivity contribution >= 4 is 32.4 Å². The molecule has 0 aliphatic heterocycles. The van der Waals surface area contributed by atoms with Gasteiger partial charge in [-0.2, -0.15) is 14.0 Å². The van der Waals surface area contributed by atoms with Crippen molar-refractivity contribution in [1.29, 1.82) is 0 Å². The van der Waals surface area contributed by atoms with Crippen molar-refractivity contribution in [2.45, 2.75) is 0 Å². The second kappa shape index (κ2) is 6.43. The number of aromatic nitrogens is 1. The summed E-state index contributed by atoms with van der Waals surface area (Å²) >= 11 is 4.84. The van der Waals surface area contributed by atoms with Gasteiger partial charge >= 0.3 is 0 Å². The Bertz CT molecular complexity index is 494. The van der Waals surface area contributed by atoms with Crippen molar-refractivity contribution < 1.29 is 28.9 Å². The van der Waals surface area contributed by atoms with E-state index in [1.165, 1.54) is 11.3 Å². The molecule has 0 amide bonds. The number of hydrogen-bond donors (Lipinski definition) is 2. The molecular formula is C9H8BrClN2O4S. The molecule has 6 nitrogen and oxygen atoms in total. The molecule has 0 saturated carbocycles. The Morgan fingerprint density at radius 3 is 2.11 bits per heavy atom. The fraction of sp³-hybridized carbons (Fsp3) is 0. The summed E-state index contributed by atoms with van der Waals surface area (Å²) in [5.74, 6) is 0. The lowest BCUT2D eigenvalue weighted by molar-refractivity contribution is -1.92. The first-order valence-electron chi connectivity index (χ1n) is 4.36. The summed E-state index contributed by atoms with van der Waals surface area (Å²) in [6.07, 6.45) is 0. The molecule has 0 unspecified atom stereocenters. The maximum atomic E-state index is 8.60. The molecule has 0 bridgehead atoms. The van der Waals surface area contributed by atoms with Gasteiger partial charge in [0.25, 0.3) is 0 Å². The van der Waals surface area contributed by atoms with Gasteiger partial charge in [0.2, 0.25) is 0 Å². The molecule has 3 N–H and O–H groups in total. The number of halogens is 2. The zero-order valence-electron chi connectivity index (χ0n) is 8.75. The van der Waals surface area contributed by atoms with Crippen LogP contribution in [0, 0.1) is 10.2 Å². The largest absolute Gasteiger partial charge is 0.375 e. The maximum Gasteiger partial charge on any atom is 0.180 e. The summed E-state index contributed by atoms with van der Waals surface area (Å²) in [5, 5.41) is 2.57. The molecule has 18 heavy (non-hydrogen) atoms. The molecule has 1 aromatic heterocycles. The quantitative estimate of drug-likeness (QED) is 0.677. The minimum absolute atomic E-state index is 0.609. The van der Waals surface area contributed by atoms with Crippen molar-refractivity contribution in [3.8, 4) is 11.3 Å². The van der Waals surface area contributed by atoms with Crippen molar-refractivity contribution in [2.24, 2.45) is 0 Å². The van der Waals surface area contributed by atoms with E-state index >= 15 is 0 Å². The Kier molecular flexibility index (Phi) is 5.47. The number of hydrogen-bond acceptors (Lipinski definition) is 7. The molecule has 0 spiro atoms. The fourth-order valence-corrected chi connectivity index (χ4v) is 1.88. The molecule has 0 saturated heterocycles. The lowest BCUT2D eigenvalue weighted by Crippen LogP contribution is -2.58. The standard InChI is InChI=1S/C9H7BrN2S.ClHO4/c10-7-3-1-6(2-4-7)8-5-13-9(11)12-8;2-1(3,4)5/h1-5H,(H2,11,12);(H,2,3,4,5). The van der Waals surface area contributed by atoms with Crippen LogP contribution in [0.25, 0.3) is 11.3 Å². The van der Waals surface area contributed by atoms with Gasteiger partial charge in [0.1, 0.15) is 0 Å². The van der Waals surface area contributed by atoms with E-state index in [1.807, 2.05) is 29.6 Å². The number of nitrogen functional groups attached to an aromatic ring is 1. The number of rotatable bonds is 1. The minimum Gasteiger partial charge on any atom is -0.375 e. The number of benzene rings is 1. The molecule has 1 aromatic carbocycles. The SMILES string of the molecule is Nc1nc(-c2ccc(Br)cc2)cs1.[O-][Cl+3]([O-])([O-])O. The first-order chi connectivity index (χ1) is 8.25. The highest BCUT2D eigenvalue weighted by atomic mass is 79.9. The Balaban J connectivity index is 0.000000280. The molecule has 1 heterocycles. The average Bonchev–Trinajstić information content (AvgIpc) is 2.63. The Morgan fingerprint density at radius 1 is 1.22 bits per heavy atom. The predicted octanol–water partition coefficient (Wildman–Crippen LogP) is -0.969. The van der Waals surface area contributed by atoms with Crippen LogP contribution in [0.1, 0.15) is 0 Å². The summed E-state index contributed by atoms with van der Waals surface area (Å²) in [6.45, 7) is 0. The molecule has 2 rings (SSSR count). The van der Waals surface area contributed by atoms with E-state index in [0.29, 0.717) is 5.13 Å². The molecule has 2 aromatic rings. The summed E-state index contributed by atoms with van der Waals surface area (Å²) in [5.41, 5.74) is 7.58. The maximum absolute atomic E-state index is 8.60. The van der Waals surface area contributed by atoms with Crippen LogP contribution >= 0.6 is 27.3 Å². The van der Waals surface area contributed by atoms with Crippen LogP contribution in [-0.2, 0) is 0 Å². The molecule has 0 aliphatic carbocycles. The first kappa shape index (κ1) is 15.3. The third-order valence-electron chi connectivity index (χ3n) is 1.66. The zero-order valence-corrected chi connectivity index (χ0v) is 11.9. The van der Waals surface area contributed by atoms with Gasteiger partial charge in [-0.05, 0) is 12.1 Å². The van der Waals surface area contributed by atoms with E-state index in [2.05, 4.69) is 20.9 Å². The lowest BCUT2D eigenvalue weighted by atomic mass is 10.2.